The molecule has 0 rings (SSSR count). The van der Waals surface area contributed by atoms with Gasteiger partial charge in [0.15, 0.2) is 0 Å². The van der Waals surface area contributed by atoms with Gasteiger partial charge >= 0.3 is 9.53 Å². The summed E-state index contributed by atoms with van der Waals surface area (Å²) in [5.41, 5.74) is 0. The lowest BCUT2D eigenvalue weighted by Gasteiger charge is -2.19. The zero-order chi connectivity index (χ0) is 13.1. The zero-order valence-electron chi connectivity index (χ0n) is 11.0. The van der Waals surface area contributed by atoms with Crippen molar-refractivity contribution in [3.8, 4) is 0 Å². The molecule has 0 fully saturated rings. The van der Waals surface area contributed by atoms with E-state index in [1.807, 2.05) is 0 Å². The van der Waals surface area contributed by atoms with Gasteiger partial charge in [0, 0.05) is 19.8 Å². The van der Waals surface area contributed by atoms with Crippen molar-refractivity contribution in [3.63, 3.8) is 0 Å². The van der Waals surface area contributed by atoms with E-state index in [9.17, 15) is 0 Å². The molecule has 3 nitrogen and oxygen atoms in total. The van der Waals surface area contributed by atoms with E-state index in [2.05, 4.69) is 52.6 Å². The first-order valence-corrected chi connectivity index (χ1v) is 9.47. The summed E-state index contributed by atoms with van der Waals surface area (Å²) >= 11 is 6.95. The first-order valence-electron chi connectivity index (χ1n) is 6.23. The molecule has 17 heavy (non-hydrogen) atoms. The fourth-order valence-corrected chi connectivity index (χ4v) is 4.09. The number of alkyl halides is 2. The van der Waals surface area contributed by atoms with E-state index in [0.29, 0.717) is 16.3 Å². The van der Waals surface area contributed by atoms with E-state index in [4.69, 9.17) is 13.3 Å². The average Bonchev–Trinajstić information content (AvgIpc) is 2.27. The van der Waals surface area contributed by atoms with Crippen LogP contribution in [0.1, 0.15) is 40.0 Å². The maximum Gasteiger partial charge on any atom is 0.484 e. The van der Waals surface area contributed by atoms with Crippen molar-refractivity contribution >= 4 is 41.4 Å². The predicted octanol–water partition coefficient (Wildman–Crippen LogP) is 3.72. The van der Waals surface area contributed by atoms with Crippen LogP contribution in [-0.2, 0) is 13.3 Å². The topological polar surface area (TPSA) is 27.7 Å². The molecular formula is C11H24Br2O3Si. The Morgan fingerprint density at radius 1 is 1.00 bits per heavy atom. The van der Waals surface area contributed by atoms with Gasteiger partial charge in [-0.3, -0.25) is 0 Å². The molecule has 0 heterocycles. The van der Waals surface area contributed by atoms with Crippen LogP contribution in [0.3, 0.4) is 0 Å². The van der Waals surface area contributed by atoms with E-state index in [-0.39, 0.29) is 0 Å². The normalized spacial score (nSPS) is 13.6. The van der Waals surface area contributed by atoms with Gasteiger partial charge in [0.25, 0.3) is 0 Å². The highest BCUT2D eigenvalue weighted by Crippen LogP contribution is 2.19. The number of hydrogen-bond acceptors (Lipinski definition) is 3. The lowest BCUT2D eigenvalue weighted by molar-refractivity contribution is 0.0815. The summed E-state index contributed by atoms with van der Waals surface area (Å²) in [5.74, 6) is 0.490. The van der Waals surface area contributed by atoms with E-state index >= 15 is 0 Å². The highest BCUT2D eigenvalue weighted by atomic mass is 79.9. The van der Waals surface area contributed by atoms with E-state index in [0.717, 1.165) is 32.5 Å². The molecule has 6 heteroatoms. The summed E-state index contributed by atoms with van der Waals surface area (Å²) in [4.78, 5) is 0. The van der Waals surface area contributed by atoms with Crippen LogP contribution in [0.25, 0.3) is 0 Å². The summed E-state index contributed by atoms with van der Waals surface area (Å²) < 4.78 is 17.4. The van der Waals surface area contributed by atoms with Gasteiger partial charge in [-0.1, -0.05) is 52.6 Å². The SMILES string of the molecule is CCCO[SiH](OCCC)OCC(C)CC(Br)Br. The van der Waals surface area contributed by atoms with Gasteiger partial charge in [-0.2, -0.15) is 0 Å². The van der Waals surface area contributed by atoms with Crippen molar-refractivity contribution in [1.29, 1.82) is 0 Å². The first-order chi connectivity index (χ1) is 8.10. The molecule has 0 spiro atoms. The maximum absolute atomic E-state index is 5.76. The molecule has 1 unspecified atom stereocenters. The number of rotatable bonds is 11. The van der Waals surface area contributed by atoms with Crippen LogP contribution in [0.15, 0.2) is 0 Å². The third-order valence-electron chi connectivity index (χ3n) is 2.01. The monoisotopic (exact) mass is 390 g/mol. The van der Waals surface area contributed by atoms with Gasteiger partial charge in [-0.15, -0.1) is 0 Å². The van der Waals surface area contributed by atoms with Gasteiger partial charge in [0.2, 0.25) is 0 Å². The minimum Gasteiger partial charge on any atom is -0.376 e. The largest absolute Gasteiger partial charge is 0.484 e. The second-order valence-corrected chi connectivity index (χ2v) is 9.11. The second-order valence-electron chi connectivity index (χ2n) is 4.10. The Morgan fingerprint density at radius 3 is 1.94 bits per heavy atom. The highest BCUT2D eigenvalue weighted by Gasteiger charge is 2.17. The molecule has 0 aromatic heterocycles. The standard InChI is InChI=1S/C11H24Br2O3Si/c1-4-6-14-17(15-7-5-2)16-9-10(3)8-11(12)13/h10-11,17H,4-9H2,1-3H3. The van der Waals surface area contributed by atoms with Crippen LogP contribution in [0.4, 0.5) is 0 Å². The van der Waals surface area contributed by atoms with Crippen molar-refractivity contribution in [2.75, 3.05) is 19.8 Å². The van der Waals surface area contributed by atoms with Gasteiger partial charge in [-0.25, -0.2) is 0 Å². The maximum atomic E-state index is 5.76. The van der Waals surface area contributed by atoms with Crippen LogP contribution in [0, 0.1) is 5.92 Å². The molecule has 0 bridgehead atoms. The first kappa shape index (κ1) is 18.1. The summed E-state index contributed by atoms with van der Waals surface area (Å²) in [6.07, 6.45) is 3.04. The summed E-state index contributed by atoms with van der Waals surface area (Å²) in [6, 6.07) is 0. The van der Waals surface area contributed by atoms with Crippen molar-refractivity contribution in [2.24, 2.45) is 5.92 Å². The number of halogens is 2. The fraction of sp³-hybridized carbons (Fsp3) is 1.00. The van der Waals surface area contributed by atoms with Crippen LogP contribution in [0.5, 0.6) is 0 Å². The minimum atomic E-state index is -1.90. The predicted molar refractivity (Wildman–Crippen MR) is 81.0 cm³/mol. The van der Waals surface area contributed by atoms with Gasteiger partial charge in [0.05, 0.1) is 3.74 Å². The van der Waals surface area contributed by atoms with E-state index in [1.54, 1.807) is 0 Å². The van der Waals surface area contributed by atoms with Crippen LogP contribution in [0.2, 0.25) is 0 Å². The Balaban J connectivity index is 3.79. The molecule has 0 amide bonds. The van der Waals surface area contributed by atoms with Crippen LogP contribution in [-0.4, -0.2) is 33.1 Å². The lowest BCUT2D eigenvalue weighted by Crippen LogP contribution is -2.30. The molecule has 0 aliphatic rings. The Morgan fingerprint density at radius 2 is 1.53 bits per heavy atom. The molecule has 104 valence electrons. The quantitative estimate of drug-likeness (QED) is 0.396. The van der Waals surface area contributed by atoms with Crippen LogP contribution < -0.4 is 0 Å². The van der Waals surface area contributed by atoms with Crippen LogP contribution >= 0.6 is 31.9 Å². The zero-order valence-corrected chi connectivity index (χ0v) is 15.3. The molecule has 0 N–H and O–H groups in total. The smallest absolute Gasteiger partial charge is 0.376 e. The van der Waals surface area contributed by atoms with Gasteiger partial charge < -0.3 is 13.3 Å². The van der Waals surface area contributed by atoms with Crippen molar-refractivity contribution < 1.29 is 13.3 Å². The average molecular weight is 392 g/mol. The molecule has 1 atom stereocenters. The van der Waals surface area contributed by atoms with Gasteiger partial charge in [0.1, 0.15) is 0 Å². The molecule has 0 aliphatic carbocycles. The summed E-state index contributed by atoms with van der Waals surface area (Å²) in [6.45, 7) is 8.52. The number of hydrogen-bond donors (Lipinski definition) is 0. The van der Waals surface area contributed by atoms with E-state index < -0.39 is 9.53 Å². The molecule has 0 aromatic rings. The highest BCUT2D eigenvalue weighted by molar-refractivity contribution is 9.24. The Hall–Kier alpha value is 1.06. The Labute approximate surface area is 124 Å². The summed E-state index contributed by atoms with van der Waals surface area (Å²) in [5, 5.41) is 0. The van der Waals surface area contributed by atoms with Crippen molar-refractivity contribution in [2.45, 2.75) is 43.8 Å². The third-order valence-corrected chi connectivity index (χ3v) is 4.24. The van der Waals surface area contributed by atoms with Crippen molar-refractivity contribution in [1.82, 2.24) is 0 Å². The Bertz CT molecular complexity index is 165. The van der Waals surface area contributed by atoms with Crippen molar-refractivity contribution in [3.05, 3.63) is 0 Å². The molecular weight excluding hydrogens is 368 g/mol. The molecule has 0 saturated carbocycles. The Kier molecular flexibility index (Phi) is 12.9. The molecule has 0 saturated heterocycles. The fourth-order valence-electron chi connectivity index (χ4n) is 1.19. The van der Waals surface area contributed by atoms with E-state index in [1.165, 1.54) is 0 Å². The minimum absolute atomic E-state index is 0.349. The molecule has 0 aliphatic heterocycles. The second kappa shape index (κ2) is 12.1. The summed E-state index contributed by atoms with van der Waals surface area (Å²) in [7, 11) is -1.90. The lowest BCUT2D eigenvalue weighted by atomic mass is 10.1. The third kappa shape index (κ3) is 11.9. The molecule has 0 aromatic carbocycles. The molecule has 0 radical (unpaired) electrons. The van der Waals surface area contributed by atoms with Gasteiger partial charge in [-0.05, 0) is 25.2 Å².